The summed E-state index contributed by atoms with van der Waals surface area (Å²) in [4.78, 5) is 25.7. The monoisotopic (exact) mass is 499 g/mol. The Hall–Kier alpha value is -2.92. The van der Waals surface area contributed by atoms with Crippen LogP contribution in [0.25, 0.3) is 0 Å². The molecule has 1 aliphatic carbocycles. The number of anilines is 1. The van der Waals surface area contributed by atoms with Crippen molar-refractivity contribution in [2.45, 2.75) is 70.4 Å². The van der Waals surface area contributed by atoms with E-state index in [9.17, 15) is 37.4 Å². The lowest BCUT2D eigenvalue weighted by Crippen LogP contribution is -2.51. The molecule has 1 atom stereocenters. The topological polar surface area (TPSA) is 104 Å². The molecule has 35 heavy (non-hydrogen) atoms. The molecule has 0 spiro atoms. The van der Waals surface area contributed by atoms with Gasteiger partial charge in [0.25, 0.3) is 11.8 Å². The van der Waals surface area contributed by atoms with Crippen LogP contribution in [0, 0.1) is 26.6 Å². The summed E-state index contributed by atoms with van der Waals surface area (Å²) in [5, 5.41) is 25.8. The summed E-state index contributed by atoms with van der Waals surface area (Å²) in [6.07, 6.45) is -7.70. The normalized spacial score (nSPS) is 21.5. The van der Waals surface area contributed by atoms with Crippen molar-refractivity contribution in [1.29, 1.82) is 0 Å². The first-order valence-corrected chi connectivity index (χ1v) is 11.2. The Morgan fingerprint density at radius 3 is 2.31 bits per heavy atom. The average Bonchev–Trinajstić information content (AvgIpc) is 2.99. The van der Waals surface area contributed by atoms with Crippen LogP contribution < -0.4 is 10.6 Å². The zero-order chi connectivity index (χ0) is 26.3. The minimum Gasteiger partial charge on any atom is -0.380 e. The third-order valence-electron chi connectivity index (χ3n) is 6.82. The number of amides is 2. The van der Waals surface area contributed by atoms with Gasteiger partial charge in [0.05, 0.1) is 11.3 Å². The molecule has 1 aromatic carbocycles. The van der Waals surface area contributed by atoms with Gasteiger partial charge >= 0.3 is 6.18 Å². The lowest BCUT2D eigenvalue weighted by atomic mass is 9.81. The SMILES string of the molecule is Cc1cc(NC(=O)c2c(C)c(C(O)C(=O)NC3CCC(O)(C(F)(F)F)CC3)n(C)c2C)ccc1F. The fourth-order valence-electron chi connectivity index (χ4n) is 4.57. The summed E-state index contributed by atoms with van der Waals surface area (Å²) in [5.41, 5.74) is -0.787. The zero-order valence-corrected chi connectivity index (χ0v) is 19.9. The summed E-state index contributed by atoms with van der Waals surface area (Å²) in [5.74, 6) is -1.72. The van der Waals surface area contributed by atoms with Gasteiger partial charge in [-0.2, -0.15) is 13.2 Å². The van der Waals surface area contributed by atoms with Gasteiger partial charge in [-0.15, -0.1) is 0 Å². The van der Waals surface area contributed by atoms with Crippen LogP contribution in [-0.2, 0) is 11.8 Å². The maximum atomic E-state index is 13.5. The second-order valence-corrected chi connectivity index (χ2v) is 9.16. The summed E-state index contributed by atoms with van der Waals surface area (Å²) in [6, 6.07) is 3.50. The molecule has 1 aromatic heterocycles. The summed E-state index contributed by atoms with van der Waals surface area (Å²) in [6.45, 7) is 4.78. The predicted molar refractivity (Wildman–Crippen MR) is 120 cm³/mol. The van der Waals surface area contributed by atoms with E-state index < -0.39 is 54.4 Å². The van der Waals surface area contributed by atoms with Crippen LogP contribution in [0.15, 0.2) is 18.2 Å². The van der Waals surface area contributed by atoms with Crippen molar-refractivity contribution in [1.82, 2.24) is 9.88 Å². The second-order valence-electron chi connectivity index (χ2n) is 9.16. The molecule has 11 heteroatoms. The van der Waals surface area contributed by atoms with Gasteiger partial charge in [0.15, 0.2) is 11.7 Å². The van der Waals surface area contributed by atoms with Crippen molar-refractivity contribution in [3.05, 3.63) is 52.1 Å². The maximum Gasteiger partial charge on any atom is 0.417 e. The van der Waals surface area contributed by atoms with Crippen molar-refractivity contribution in [3.8, 4) is 0 Å². The highest BCUT2D eigenvalue weighted by molar-refractivity contribution is 6.06. The minimum absolute atomic E-state index is 0.0929. The number of nitrogens with zero attached hydrogens (tertiary/aromatic N) is 1. The number of aliphatic hydroxyl groups is 2. The molecule has 2 aromatic rings. The molecule has 0 saturated heterocycles. The standard InChI is InChI=1S/C24H29F4N3O4/c1-12-11-16(5-6-17(12)25)30-21(33)18-13(2)19(31(4)14(18)3)20(32)22(34)29-15-7-9-23(35,10-8-15)24(26,27)28/h5-6,11,15,20,32,35H,7-10H2,1-4H3,(H,29,34)(H,30,33). The number of benzene rings is 1. The van der Waals surface area contributed by atoms with Crippen LogP contribution in [-0.4, -0.2) is 44.4 Å². The van der Waals surface area contributed by atoms with E-state index in [0.29, 0.717) is 22.5 Å². The molecule has 0 aliphatic heterocycles. The second kappa shape index (κ2) is 9.62. The molecule has 0 bridgehead atoms. The number of aliphatic hydroxyl groups excluding tert-OH is 1. The lowest BCUT2D eigenvalue weighted by molar-refractivity contribution is -0.270. The van der Waals surface area contributed by atoms with E-state index >= 15 is 0 Å². The van der Waals surface area contributed by atoms with E-state index in [-0.39, 0.29) is 24.1 Å². The van der Waals surface area contributed by atoms with Crippen molar-refractivity contribution >= 4 is 17.5 Å². The van der Waals surface area contributed by atoms with E-state index in [4.69, 9.17) is 0 Å². The Labute approximate surface area is 200 Å². The first-order valence-electron chi connectivity index (χ1n) is 11.2. The smallest absolute Gasteiger partial charge is 0.380 e. The molecular formula is C24H29F4N3O4. The summed E-state index contributed by atoms with van der Waals surface area (Å²) < 4.78 is 54.0. The molecule has 1 fully saturated rings. The van der Waals surface area contributed by atoms with Gasteiger partial charge in [-0.3, -0.25) is 9.59 Å². The quantitative estimate of drug-likeness (QED) is 0.471. The number of rotatable bonds is 5. The van der Waals surface area contributed by atoms with Gasteiger partial charge in [0, 0.05) is 24.5 Å². The van der Waals surface area contributed by atoms with Gasteiger partial charge in [-0.05, 0) is 75.8 Å². The predicted octanol–water partition coefficient (Wildman–Crippen LogP) is 3.73. The van der Waals surface area contributed by atoms with Crippen LogP contribution in [0.1, 0.15) is 64.7 Å². The molecule has 1 aliphatic rings. The Balaban J connectivity index is 1.74. The van der Waals surface area contributed by atoms with E-state index in [1.54, 1.807) is 27.8 Å². The molecule has 1 unspecified atom stereocenters. The van der Waals surface area contributed by atoms with E-state index in [1.807, 2.05) is 0 Å². The Morgan fingerprint density at radius 2 is 1.77 bits per heavy atom. The van der Waals surface area contributed by atoms with Gasteiger partial charge in [0.1, 0.15) is 5.82 Å². The number of hydrogen-bond acceptors (Lipinski definition) is 4. The third-order valence-corrected chi connectivity index (χ3v) is 6.82. The van der Waals surface area contributed by atoms with Crippen LogP contribution in [0.3, 0.4) is 0 Å². The summed E-state index contributed by atoms with van der Waals surface area (Å²) in [7, 11) is 1.58. The number of carbonyl (C=O) groups is 2. The first kappa shape index (κ1) is 26.7. The fraction of sp³-hybridized carbons (Fsp3) is 0.500. The van der Waals surface area contributed by atoms with Crippen molar-refractivity contribution in [3.63, 3.8) is 0 Å². The molecule has 0 radical (unpaired) electrons. The molecule has 1 saturated carbocycles. The van der Waals surface area contributed by atoms with Crippen LogP contribution in [0.4, 0.5) is 23.2 Å². The Kier molecular flexibility index (Phi) is 7.33. The highest BCUT2D eigenvalue weighted by atomic mass is 19.4. The van der Waals surface area contributed by atoms with Crippen molar-refractivity contribution < 1.29 is 37.4 Å². The van der Waals surface area contributed by atoms with E-state index in [1.165, 1.54) is 22.8 Å². The number of carbonyl (C=O) groups excluding carboxylic acids is 2. The fourth-order valence-corrected chi connectivity index (χ4v) is 4.57. The highest BCUT2D eigenvalue weighted by Crippen LogP contribution is 2.41. The summed E-state index contributed by atoms with van der Waals surface area (Å²) >= 11 is 0. The number of aromatic nitrogens is 1. The van der Waals surface area contributed by atoms with E-state index in [0.717, 1.165) is 0 Å². The number of hydrogen-bond donors (Lipinski definition) is 4. The van der Waals surface area contributed by atoms with Gasteiger partial charge in [-0.1, -0.05) is 0 Å². The molecule has 4 N–H and O–H groups in total. The largest absolute Gasteiger partial charge is 0.417 e. The number of nitrogens with one attached hydrogen (secondary N) is 2. The molecule has 1 heterocycles. The number of alkyl halides is 3. The van der Waals surface area contributed by atoms with Crippen LogP contribution >= 0.6 is 0 Å². The Morgan fingerprint density at radius 1 is 1.17 bits per heavy atom. The van der Waals surface area contributed by atoms with Gasteiger partial charge in [0.2, 0.25) is 0 Å². The molecule has 7 nitrogen and oxygen atoms in total. The van der Waals surface area contributed by atoms with E-state index in [2.05, 4.69) is 10.6 Å². The zero-order valence-electron chi connectivity index (χ0n) is 19.9. The number of aryl methyl sites for hydroxylation is 1. The van der Waals surface area contributed by atoms with Crippen LogP contribution in [0.5, 0.6) is 0 Å². The Bertz CT molecular complexity index is 1130. The first-order chi connectivity index (χ1) is 16.2. The molecule has 3 rings (SSSR count). The third kappa shape index (κ3) is 5.20. The molecule has 2 amide bonds. The van der Waals surface area contributed by atoms with Gasteiger partial charge in [-0.25, -0.2) is 4.39 Å². The molecular weight excluding hydrogens is 470 g/mol. The minimum atomic E-state index is -4.75. The lowest BCUT2D eigenvalue weighted by Gasteiger charge is -2.37. The van der Waals surface area contributed by atoms with Crippen molar-refractivity contribution in [2.75, 3.05) is 5.32 Å². The van der Waals surface area contributed by atoms with Gasteiger partial charge < -0.3 is 25.4 Å². The molecule has 192 valence electrons. The van der Waals surface area contributed by atoms with Crippen molar-refractivity contribution in [2.24, 2.45) is 7.05 Å². The maximum absolute atomic E-state index is 13.5. The average molecular weight is 500 g/mol. The number of halogens is 4. The van der Waals surface area contributed by atoms with Crippen LogP contribution in [0.2, 0.25) is 0 Å². The highest BCUT2D eigenvalue weighted by Gasteiger charge is 2.54.